The molecule has 0 radical (unpaired) electrons. The summed E-state index contributed by atoms with van der Waals surface area (Å²) in [5.74, 6) is -0.560. The summed E-state index contributed by atoms with van der Waals surface area (Å²) in [6.07, 6.45) is 2.75. The first kappa shape index (κ1) is 10.4. The van der Waals surface area contributed by atoms with Crippen LogP contribution in [0.2, 0.25) is 0 Å². The molecule has 14 heavy (non-hydrogen) atoms. The zero-order valence-electron chi connectivity index (χ0n) is 8.17. The normalized spacial score (nSPS) is 10.5. The highest BCUT2D eigenvalue weighted by molar-refractivity contribution is 5.91. The molecule has 1 amide bonds. The smallest absolute Gasteiger partial charge is 0.243 e. The zero-order chi connectivity index (χ0) is 10.6. The van der Waals surface area contributed by atoms with Crippen LogP contribution >= 0.6 is 0 Å². The monoisotopic (exact) mass is 193 g/mol. The second-order valence-electron chi connectivity index (χ2n) is 2.97. The molecule has 1 aromatic carbocycles. The number of amides is 1. The standard InChI is InChI=1S/C11H12FNO/c1-8-3-4-9(10(12)7-8)5-6-11(14)13-2/h3-7H,1-2H3,(H,13,14)/b6-5+. The van der Waals surface area contributed by atoms with E-state index in [2.05, 4.69) is 5.32 Å². The molecule has 1 N–H and O–H groups in total. The Kier molecular flexibility index (Phi) is 3.40. The van der Waals surface area contributed by atoms with Gasteiger partial charge in [-0.1, -0.05) is 12.1 Å². The third kappa shape index (κ3) is 2.69. The Morgan fingerprint density at radius 2 is 2.21 bits per heavy atom. The van der Waals surface area contributed by atoms with Gasteiger partial charge in [0.1, 0.15) is 5.82 Å². The molecule has 0 bridgehead atoms. The lowest BCUT2D eigenvalue weighted by Gasteiger charge is -1.97. The lowest BCUT2D eigenvalue weighted by Crippen LogP contribution is -2.13. The van der Waals surface area contributed by atoms with Crippen molar-refractivity contribution < 1.29 is 9.18 Å². The van der Waals surface area contributed by atoms with Crippen LogP contribution in [0.15, 0.2) is 24.3 Å². The third-order valence-electron chi connectivity index (χ3n) is 1.82. The molecule has 1 rings (SSSR count). The summed E-state index contributed by atoms with van der Waals surface area (Å²) in [6.45, 7) is 1.81. The number of likely N-dealkylation sites (N-methyl/N-ethyl adjacent to an activating group) is 1. The molecule has 3 heteroatoms. The molecule has 0 aliphatic carbocycles. The van der Waals surface area contributed by atoms with Crippen molar-refractivity contribution >= 4 is 12.0 Å². The third-order valence-corrected chi connectivity index (χ3v) is 1.82. The first-order valence-corrected chi connectivity index (χ1v) is 4.29. The predicted molar refractivity (Wildman–Crippen MR) is 54.2 cm³/mol. The van der Waals surface area contributed by atoms with Crippen molar-refractivity contribution in [3.63, 3.8) is 0 Å². The number of hydrogen-bond donors (Lipinski definition) is 1. The van der Waals surface area contributed by atoms with Gasteiger partial charge in [0.25, 0.3) is 0 Å². The molecule has 0 saturated heterocycles. The maximum absolute atomic E-state index is 13.2. The van der Waals surface area contributed by atoms with Gasteiger partial charge >= 0.3 is 0 Å². The van der Waals surface area contributed by atoms with Crippen molar-refractivity contribution in [2.75, 3.05) is 7.05 Å². The van der Waals surface area contributed by atoms with Gasteiger partial charge in [0.05, 0.1) is 0 Å². The minimum Gasteiger partial charge on any atom is -0.356 e. The van der Waals surface area contributed by atoms with Crippen LogP contribution in [0.25, 0.3) is 6.08 Å². The van der Waals surface area contributed by atoms with Gasteiger partial charge in [0, 0.05) is 18.7 Å². The van der Waals surface area contributed by atoms with Gasteiger partial charge in [-0.3, -0.25) is 4.79 Å². The predicted octanol–water partition coefficient (Wildman–Crippen LogP) is 1.89. The minimum atomic E-state index is -0.315. The molecule has 0 fully saturated rings. The molecule has 0 aliphatic heterocycles. The zero-order valence-corrected chi connectivity index (χ0v) is 8.17. The Morgan fingerprint density at radius 3 is 2.79 bits per heavy atom. The Morgan fingerprint density at radius 1 is 1.50 bits per heavy atom. The van der Waals surface area contributed by atoms with Gasteiger partial charge in [-0.2, -0.15) is 0 Å². The van der Waals surface area contributed by atoms with E-state index in [0.29, 0.717) is 5.56 Å². The van der Waals surface area contributed by atoms with Crippen molar-refractivity contribution in [2.45, 2.75) is 6.92 Å². The topological polar surface area (TPSA) is 29.1 Å². The van der Waals surface area contributed by atoms with Crippen LogP contribution in [-0.4, -0.2) is 13.0 Å². The Hall–Kier alpha value is -1.64. The average Bonchev–Trinajstić information content (AvgIpc) is 2.16. The van der Waals surface area contributed by atoms with E-state index in [1.54, 1.807) is 12.1 Å². The highest BCUT2D eigenvalue weighted by Gasteiger charge is 1.98. The molecular formula is C11H12FNO. The van der Waals surface area contributed by atoms with E-state index in [4.69, 9.17) is 0 Å². The number of carbonyl (C=O) groups excluding carboxylic acids is 1. The van der Waals surface area contributed by atoms with Gasteiger partial charge in [-0.05, 0) is 24.6 Å². The van der Waals surface area contributed by atoms with Gasteiger partial charge in [-0.15, -0.1) is 0 Å². The summed E-state index contributed by atoms with van der Waals surface area (Å²) >= 11 is 0. The quantitative estimate of drug-likeness (QED) is 0.714. The van der Waals surface area contributed by atoms with Crippen molar-refractivity contribution in [2.24, 2.45) is 0 Å². The Balaban J connectivity index is 2.87. The van der Waals surface area contributed by atoms with Crippen LogP contribution < -0.4 is 5.32 Å². The molecule has 0 heterocycles. The number of aryl methyl sites for hydroxylation is 1. The van der Waals surface area contributed by atoms with Crippen molar-refractivity contribution in [1.29, 1.82) is 0 Å². The molecule has 0 unspecified atom stereocenters. The molecular weight excluding hydrogens is 181 g/mol. The minimum absolute atomic E-state index is 0.245. The van der Waals surface area contributed by atoms with E-state index in [9.17, 15) is 9.18 Å². The number of benzene rings is 1. The lowest BCUT2D eigenvalue weighted by atomic mass is 10.1. The van der Waals surface area contributed by atoms with Crippen LogP contribution in [0, 0.1) is 12.7 Å². The van der Waals surface area contributed by atoms with Gasteiger partial charge in [0.15, 0.2) is 0 Å². The number of rotatable bonds is 2. The highest BCUT2D eigenvalue weighted by atomic mass is 19.1. The maximum Gasteiger partial charge on any atom is 0.243 e. The summed E-state index contributed by atoms with van der Waals surface area (Å²) in [7, 11) is 1.53. The fourth-order valence-electron chi connectivity index (χ4n) is 1.02. The summed E-state index contributed by atoms with van der Waals surface area (Å²) in [4.78, 5) is 10.8. The summed E-state index contributed by atoms with van der Waals surface area (Å²) in [6, 6.07) is 4.88. The first-order chi connectivity index (χ1) is 6.63. The molecule has 0 spiro atoms. The summed E-state index contributed by atoms with van der Waals surface area (Å²) in [5.41, 5.74) is 1.28. The fourth-order valence-corrected chi connectivity index (χ4v) is 1.02. The van der Waals surface area contributed by atoms with Crippen LogP contribution in [0.1, 0.15) is 11.1 Å². The number of hydrogen-bond acceptors (Lipinski definition) is 1. The maximum atomic E-state index is 13.2. The van der Waals surface area contributed by atoms with Crippen LogP contribution in [-0.2, 0) is 4.79 Å². The van der Waals surface area contributed by atoms with Crippen molar-refractivity contribution in [3.8, 4) is 0 Å². The van der Waals surface area contributed by atoms with Gasteiger partial charge in [-0.25, -0.2) is 4.39 Å². The molecule has 0 atom stereocenters. The average molecular weight is 193 g/mol. The van der Waals surface area contributed by atoms with Crippen molar-refractivity contribution in [3.05, 3.63) is 41.2 Å². The van der Waals surface area contributed by atoms with Crippen LogP contribution in [0.4, 0.5) is 4.39 Å². The highest BCUT2D eigenvalue weighted by Crippen LogP contribution is 2.11. The second-order valence-corrected chi connectivity index (χ2v) is 2.97. The summed E-state index contributed by atoms with van der Waals surface area (Å²) in [5, 5.41) is 2.42. The largest absolute Gasteiger partial charge is 0.356 e. The van der Waals surface area contributed by atoms with Crippen molar-refractivity contribution in [1.82, 2.24) is 5.32 Å². The first-order valence-electron chi connectivity index (χ1n) is 4.29. The molecule has 0 saturated carbocycles. The van der Waals surface area contributed by atoms with E-state index < -0.39 is 0 Å². The molecule has 0 aliphatic rings. The van der Waals surface area contributed by atoms with E-state index in [0.717, 1.165) is 5.56 Å². The van der Waals surface area contributed by atoms with Crippen LogP contribution in [0.3, 0.4) is 0 Å². The molecule has 2 nitrogen and oxygen atoms in total. The van der Waals surface area contributed by atoms with E-state index >= 15 is 0 Å². The molecule has 74 valence electrons. The van der Waals surface area contributed by atoms with E-state index in [-0.39, 0.29) is 11.7 Å². The SMILES string of the molecule is CNC(=O)/C=C/c1ccc(C)cc1F. The number of nitrogens with one attached hydrogen (secondary N) is 1. The number of halogens is 1. The molecule has 1 aromatic rings. The fraction of sp³-hybridized carbons (Fsp3) is 0.182. The van der Waals surface area contributed by atoms with E-state index in [1.807, 2.05) is 6.92 Å². The Bertz CT molecular complexity index is 372. The molecule has 0 aromatic heterocycles. The van der Waals surface area contributed by atoms with Gasteiger partial charge < -0.3 is 5.32 Å². The number of carbonyl (C=O) groups is 1. The van der Waals surface area contributed by atoms with Crippen LogP contribution in [0.5, 0.6) is 0 Å². The van der Waals surface area contributed by atoms with Gasteiger partial charge in [0.2, 0.25) is 5.91 Å². The Labute approximate surface area is 82.4 Å². The summed E-state index contributed by atoms with van der Waals surface area (Å²) < 4.78 is 13.2. The second kappa shape index (κ2) is 4.56. The lowest BCUT2D eigenvalue weighted by molar-refractivity contribution is -0.115. The van der Waals surface area contributed by atoms with E-state index in [1.165, 1.54) is 25.3 Å².